The number of thiophene rings is 1. The Balaban J connectivity index is 1.91. The van der Waals surface area contributed by atoms with Crippen LogP contribution in [0.3, 0.4) is 0 Å². The van der Waals surface area contributed by atoms with Gasteiger partial charge in [0.25, 0.3) is 5.91 Å². The second kappa shape index (κ2) is 5.45. The number of carbonyl (C=O) groups is 1. The highest BCUT2D eigenvalue weighted by molar-refractivity contribution is 7.13. The standard InChI is InChI=1S/C11H15N5O2S/c1-11(2,3)18-14-9(17)7-16-13-10(12-15-16)8-5-4-6-19-8/h4-6H,7H2,1-3H3,(H,14,17). The zero-order valence-corrected chi connectivity index (χ0v) is 11.8. The van der Waals surface area contributed by atoms with Gasteiger partial charge in [-0.1, -0.05) is 6.07 Å². The highest BCUT2D eigenvalue weighted by atomic mass is 32.1. The van der Waals surface area contributed by atoms with E-state index < -0.39 is 5.60 Å². The van der Waals surface area contributed by atoms with Crippen molar-refractivity contribution in [1.82, 2.24) is 25.7 Å². The lowest BCUT2D eigenvalue weighted by molar-refractivity contribution is -0.146. The van der Waals surface area contributed by atoms with Crippen LogP contribution in [0.1, 0.15) is 20.8 Å². The van der Waals surface area contributed by atoms with E-state index in [1.165, 1.54) is 16.1 Å². The predicted octanol–water partition coefficient (Wildman–Crippen LogP) is 1.25. The Kier molecular flexibility index (Phi) is 3.91. The van der Waals surface area contributed by atoms with Crippen LogP contribution < -0.4 is 5.48 Å². The van der Waals surface area contributed by atoms with Gasteiger partial charge in [0.2, 0.25) is 5.82 Å². The summed E-state index contributed by atoms with van der Waals surface area (Å²) in [6.45, 7) is 5.50. The lowest BCUT2D eigenvalue weighted by Gasteiger charge is -2.18. The summed E-state index contributed by atoms with van der Waals surface area (Å²) in [7, 11) is 0. The fraction of sp³-hybridized carbons (Fsp3) is 0.455. The van der Waals surface area contributed by atoms with Crippen molar-refractivity contribution >= 4 is 17.2 Å². The van der Waals surface area contributed by atoms with Crippen molar-refractivity contribution in [3.8, 4) is 10.7 Å². The third-order valence-corrected chi connectivity index (χ3v) is 2.82. The first kappa shape index (κ1) is 13.6. The topological polar surface area (TPSA) is 81.9 Å². The predicted molar refractivity (Wildman–Crippen MR) is 70.1 cm³/mol. The van der Waals surface area contributed by atoms with E-state index in [1.807, 2.05) is 38.3 Å². The monoisotopic (exact) mass is 281 g/mol. The van der Waals surface area contributed by atoms with Crippen molar-refractivity contribution in [1.29, 1.82) is 0 Å². The number of hydrogen-bond donors (Lipinski definition) is 1. The lowest BCUT2D eigenvalue weighted by Crippen LogP contribution is -2.35. The van der Waals surface area contributed by atoms with Gasteiger partial charge in [-0.2, -0.15) is 4.80 Å². The van der Waals surface area contributed by atoms with E-state index in [0.29, 0.717) is 5.82 Å². The molecule has 0 aliphatic heterocycles. The summed E-state index contributed by atoms with van der Waals surface area (Å²) in [6.07, 6.45) is 0. The van der Waals surface area contributed by atoms with Gasteiger partial charge in [-0.3, -0.25) is 9.63 Å². The van der Waals surface area contributed by atoms with E-state index in [0.717, 1.165) is 4.88 Å². The molecule has 0 aromatic carbocycles. The van der Waals surface area contributed by atoms with Gasteiger partial charge in [0.15, 0.2) is 0 Å². The molecule has 0 aliphatic carbocycles. The van der Waals surface area contributed by atoms with Crippen LogP contribution in [0.5, 0.6) is 0 Å². The second-order valence-corrected chi connectivity index (χ2v) is 5.81. The number of hydrogen-bond acceptors (Lipinski definition) is 6. The van der Waals surface area contributed by atoms with Crippen LogP contribution in [-0.2, 0) is 16.2 Å². The summed E-state index contributed by atoms with van der Waals surface area (Å²) in [5, 5.41) is 13.8. The molecule has 0 atom stereocenters. The Bertz CT molecular complexity index is 544. The molecule has 0 saturated carbocycles. The van der Waals surface area contributed by atoms with E-state index >= 15 is 0 Å². The van der Waals surface area contributed by atoms with Gasteiger partial charge >= 0.3 is 0 Å². The fourth-order valence-corrected chi connectivity index (χ4v) is 1.83. The van der Waals surface area contributed by atoms with Crippen LogP contribution in [0.2, 0.25) is 0 Å². The number of rotatable bonds is 4. The summed E-state index contributed by atoms with van der Waals surface area (Å²) in [5.41, 5.74) is 1.91. The minimum Gasteiger partial charge on any atom is -0.271 e. The molecule has 2 heterocycles. The van der Waals surface area contributed by atoms with Crippen LogP contribution in [0, 0.1) is 0 Å². The Labute approximate surface area is 114 Å². The molecule has 0 bridgehead atoms. The molecule has 2 rings (SSSR count). The number of carbonyl (C=O) groups excluding carboxylic acids is 1. The van der Waals surface area contributed by atoms with Crippen LogP contribution in [-0.4, -0.2) is 31.7 Å². The van der Waals surface area contributed by atoms with Crippen LogP contribution in [0.4, 0.5) is 0 Å². The molecule has 7 nitrogen and oxygen atoms in total. The minimum absolute atomic E-state index is 0.0333. The molecular weight excluding hydrogens is 266 g/mol. The van der Waals surface area contributed by atoms with Crippen molar-refractivity contribution in [2.75, 3.05) is 0 Å². The van der Waals surface area contributed by atoms with Gasteiger partial charge < -0.3 is 0 Å². The van der Waals surface area contributed by atoms with Crippen molar-refractivity contribution in [2.45, 2.75) is 32.9 Å². The van der Waals surface area contributed by atoms with Crippen molar-refractivity contribution < 1.29 is 9.63 Å². The van der Waals surface area contributed by atoms with E-state index in [2.05, 4.69) is 20.9 Å². The van der Waals surface area contributed by atoms with Crippen molar-refractivity contribution in [2.24, 2.45) is 0 Å². The molecule has 102 valence electrons. The first-order valence-corrected chi connectivity index (χ1v) is 6.60. The highest BCUT2D eigenvalue weighted by Gasteiger charge is 2.14. The summed E-state index contributed by atoms with van der Waals surface area (Å²) >= 11 is 1.52. The van der Waals surface area contributed by atoms with E-state index in [4.69, 9.17) is 4.84 Å². The maximum Gasteiger partial charge on any atom is 0.267 e. The van der Waals surface area contributed by atoms with Gasteiger partial charge in [-0.05, 0) is 37.4 Å². The molecule has 2 aromatic heterocycles. The van der Waals surface area contributed by atoms with Gasteiger partial charge in [0.05, 0.1) is 10.5 Å². The molecule has 0 unspecified atom stereocenters. The first-order valence-electron chi connectivity index (χ1n) is 5.72. The summed E-state index contributed by atoms with van der Waals surface area (Å²) in [5.74, 6) is 0.185. The van der Waals surface area contributed by atoms with Crippen molar-refractivity contribution in [3.05, 3.63) is 17.5 Å². The third-order valence-electron chi connectivity index (χ3n) is 1.95. The smallest absolute Gasteiger partial charge is 0.267 e. The largest absolute Gasteiger partial charge is 0.271 e. The molecule has 1 N–H and O–H groups in total. The fourth-order valence-electron chi connectivity index (χ4n) is 1.19. The number of tetrazole rings is 1. The second-order valence-electron chi connectivity index (χ2n) is 4.86. The molecule has 8 heteroatoms. The molecule has 0 aliphatic rings. The zero-order valence-electron chi connectivity index (χ0n) is 11.0. The average Bonchev–Trinajstić information content (AvgIpc) is 2.94. The quantitative estimate of drug-likeness (QED) is 0.853. The molecule has 1 amide bonds. The van der Waals surface area contributed by atoms with Gasteiger partial charge in [-0.15, -0.1) is 21.5 Å². The molecule has 2 aromatic rings. The number of aromatic nitrogens is 4. The van der Waals surface area contributed by atoms with Gasteiger partial charge in [0, 0.05) is 0 Å². The Morgan fingerprint density at radius 3 is 2.95 bits per heavy atom. The van der Waals surface area contributed by atoms with Gasteiger partial charge in [0.1, 0.15) is 6.54 Å². The van der Waals surface area contributed by atoms with Crippen LogP contribution in [0.15, 0.2) is 17.5 Å². The number of nitrogens with zero attached hydrogens (tertiary/aromatic N) is 4. The summed E-state index contributed by atoms with van der Waals surface area (Å²) in [6, 6.07) is 3.80. The van der Waals surface area contributed by atoms with E-state index in [-0.39, 0.29) is 12.5 Å². The SMILES string of the molecule is CC(C)(C)ONC(=O)Cn1nnc(-c2cccs2)n1. The Morgan fingerprint density at radius 1 is 1.53 bits per heavy atom. The Morgan fingerprint density at radius 2 is 2.32 bits per heavy atom. The summed E-state index contributed by atoms with van der Waals surface area (Å²) in [4.78, 5) is 18.9. The highest BCUT2D eigenvalue weighted by Crippen LogP contribution is 2.19. The third kappa shape index (κ3) is 4.11. The molecule has 0 spiro atoms. The Hall–Kier alpha value is -1.80. The lowest BCUT2D eigenvalue weighted by atomic mass is 10.2. The van der Waals surface area contributed by atoms with Crippen LogP contribution in [0.25, 0.3) is 10.7 Å². The summed E-state index contributed by atoms with van der Waals surface area (Å²) < 4.78 is 0. The maximum atomic E-state index is 11.6. The average molecular weight is 281 g/mol. The van der Waals surface area contributed by atoms with Gasteiger partial charge in [-0.25, -0.2) is 5.48 Å². The molecule has 0 saturated heterocycles. The minimum atomic E-state index is -0.437. The number of nitrogens with one attached hydrogen (secondary N) is 1. The van der Waals surface area contributed by atoms with E-state index in [9.17, 15) is 4.79 Å². The van der Waals surface area contributed by atoms with E-state index in [1.54, 1.807) is 0 Å². The number of hydroxylamine groups is 1. The molecule has 19 heavy (non-hydrogen) atoms. The normalized spacial score (nSPS) is 11.5. The zero-order chi connectivity index (χ0) is 13.9. The van der Waals surface area contributed by atoms with Crippen LogP contribution >= 0.6 is 11.3 Å². The van der Waals surface area contributed by atoms with Crippen molar-refractivity contribution in [3.63, 3.8) is 0 Å². The maximum absolute atomic E-state index is 11.6. The first-order chi connectivity index (χ1) is 8.94. The molecule has 0 radical (unpaired) electrons. The molecule has 0 fully saturated rings. The molecular formula is C11H15N5O2S. The number of amides is 1.